The molecule has 1 amide bonds. The number of likely N-dealkylation sites (tertiary alicyclic amines) is 1. The van der Waals surface area contributed by atoms with Crippen molar-refractivity contribution in [1.82, 2.24) is 9.88 Å². The number of carbonyl (C=O) groups excluding carboxylic acids is 1. The highest BCUT2D eigenvalue weighted by Crippen LogP contribution is 2.22. The van der Waals surface area contributed by atoms with Gasteiger partial charge in [0.05, 0.1) is 17.0 Å². The van der Waals surface area contributed by atoms with Crippen LogP contribution in [0.4, 0.5) is 11.4 Å². The molecule has 146 valence electrons. The van der Waals surface area contributed by atoms with Crippen molar-refractivity contribution < 1.29 is 13.2 Å². The number of benzene rings is 1. The summed E-state index contributed by atoms with van der Waals surface area (Å²) in [4.78, 5) is 19.3. The van der Waals surface area contributed by atoms with E-state index in [1.807, 2.05) is 6.92 Å². The summed E-state index contributed by atoms with van der Waals surface area (Å²) in [5, 5.41) is 6.10. The number of anilines is 2. The van der Waals surface area contributed by atoms with Crippen molar-refractivity contribution in [3.05, 3.63) is 40.3 Å². The molecule has 1 aromatic heterocycles. The van der Waals surface area contributed by atoms with Crippen LogP contribution in [-0.4, -0.2) is 43.6 Å². The largest absolute Gasteiger partial charge is 0.326 e. The Kier molecular flexibility index (Phi) is 6.13. The second-order valence-electron chi connectivity index (χ2n) is 6.85. The van der Waals surface area contributed by atoms with Gasteiger partial charge in [-0.1, -0.05) is 0 Å². The van der Waals surface area contributed by atoms with Gasteiger partial charge in [0, 0.05) is 29.2 Å². The molecule has 2 N–H and O–H groups in total. The quantitative estimate of drug-likeness (QED) is 0.767. The van der Waals surface area contributed by atoms with Gasteiger partial charge >= 0.3 is 0 Å². The first-order valence-corrected chi connectivity index (χ1v) is 11.6. The molecule has 27 heavy (non-hydrogen) atoms. The maximum atomic E-state index is 12.5. The van der Waals surface area contributed by atoms with E-state index >= 15 is 0 Å². The molecule has 2 aromatic rings. The summed E-state index contributed by atoms with van der Waals surface area (Å²) in [5.41, 5.74) is 2.24. The van der Waals surface area contributed by atoms with E-state index in [1.165, 1.54) is 0 Å². The number of hydrogen-bond donors (Lipinski definition) is 2. The molecular weight excluding hydrogens is 384 g/mol. The van der Waals surface area contributed by atoms with E-state index in [1.54, 1.807) is 35.6 Å². The summed E-state index contributed by atoms with van der Waals surface area (Å²) in [6.45, 7) is 4.61. The first-order chi connectivity index (χ1) is 12.8. The van der Waals surface area contributed by atoms with Crippen molar-refractivity contribution >= 4 is 38.6 Å². The molecule has 1 saturated heterocycles. The van der Waals surface area contributed by atoms with Gasteiger partial charge in [0.25, 0.3) is 0 Å². The molecule has 1 aromatic carbocycles. The van der Waals surface area contributed by atoms with Crippen LogP contribution in [0.25, 0.3) is 0 Å². The average Bonchev–Trinajstić information content (AvgIpc) is 3.01. The SMILES string of the molecule is Cc1nc(CN2CCC(C(=O)Nc3ccc(NS(C)(=O)=O)cc3)CC2)cs1. The summed E-state index contributed by atoms with van der Waals surface area (Å²) in [7, 11) is -3.30. The summed E-state index contributed by atoms with van der Waals surface area (Å²) >= 11 is 1.66. The van der Waals surface area contributed by atoms with Gasteiger partial charge in [-0.3, -0.25) is 14.4 Å². The molecule has 1 aliphatic heterocycles. The zero-order valence-corrected chi connectivity index (χ0v) is 17.1. The van der Waals surface area contributed by atoms with Gasteiger partial charge in [0.2, 0.25) is 15.9 Å². The molecular formula is C18H24N4O3S2. The lowest BCUT2D eigenvalue weighted by atomic mass is 9.95. The van der Waals surface area contributed by atoms with Crippen LogP contribution in [0.3, 0.4) is 0 Å². The number of hydrogen-bond acceptors (Lipinski definition) is 6. The van der Waals surface area contributed by atoms with Crippen LogP contribution in [-0.2, 0) is 21.4 Å². The standard InChI is InChI=1S/C18H24N4O3S2/c1-13-19-17(12-26-13)11-22-9-7-14(8-10-22)18(23)20-15-3-5-16(6-4-15)21-27(2,24)25/h3-6,12,14,21H,7-11H2,1-2H3,(H,20,23). The number of aromatic nitrogens is 1. The Morgan fingerprint density at radius 2 is 1.85 bits per heavy atom. The van der Waals surface area contributed by atoms with Gasteiger partial charge in [0.1, 0.15) is 0 Å². The van der Waals surface area contributed by atoms with E-state index in [2.05, 4.69) is 25.3 Å². The van der Waals surface area contributed by atoms with Crippen LogP contribution >= 0.6 is 11.3 Å². The minimum Gasteiger partial charge on any atom is -0.326 e. The number of nitrogens with one attached hydrogen (secondary N) is 2. The zero-order chi connectivity index (χ0) is 19.4. The van der Waals surface area contributed by atoms with E-state index in [-0.39, 0.29) is 11.8 Å². The van der Waals surface area contributed by atoms with Gasteiger partial charge in [-0.05, 0) is 57.1 Å². The van der Waals surface area contributed by atoms with E-state index in [0.717, 1.165) is 49.4 Å². The molecule has 0 unspecified atom stereocenters. The highest BCUT2D eigenvalue weighted by molar-refractivity contribution is 7.92. The molecule has 0 atom stereocenters. The summed E-state index contributed by atoms with van der Waals surface area (Å²) in [6, 6.07) is 6.67. The van der Waals surface area contributed by atoms with Gasteiger partial charge in [-0.25, -0.2) is 13.4 Å². The monoisotopic (exact) mass is 408 g/mol. The maximum Gasteiger partial charge on any atom is 0.229 e. The van der Waals surface area contributed by atoms with E-state index in [4.69, 9.17) is 0 Å². The molecule has 1 aliphatic rings. The number of nitrogens with zero attached hydrogens (tertiary/aromatic N) is 2. The highest BCUT2D eigenvalue weighted by atomic mass is 32.2. The third-order valence-corrected chi connectivity index (χ3v) is 5.90. The minimum absolute atomic E-state index is 0.00718. The fourth-order valence-electron chi connectivity index (χ4n) is 3.14. The van der Waals surface area contributed by atoms with Crippen molar-refractivity contribution in [2.45, 2.75) is 26.3 Å². The van der Waals surface area contributed by atoms with Crippen LogP contribution in [0, 0.1) is 12.8 Å². The number of rotatable bonds is 6. The fourth-order valence-corrected chi connectivity index (χ4v) is 4.31. The molecule has 0 bridgehead atoms. The van der Waals surface area contributed by atoms with E-state index in [0.29, 0.717) is 11.4 Å². The van der Waals surface area contributed by atoms with Crippen LogP contribution in [0.1, 0.15) is 23.5 Å². The summed E-state index contributed by atoms with van der Waals surface area (Å²) in [6.07, 6.45) is 2.75. The maximum absolute atomic E-state index is 12.5. The number of amides is 1. The predicted octanol–water partition coefficient (Wildman–Crippen LogP) is 2.67. The fraction of sp³-hybridized carbons (Fsp3) is 0.444. The zero-order valence-electron chi connectivity index (χ0n) is 15.4. The molecule has 0 aliphatic carbocycles. The van der Waals surface area contributed by atoms with Crippen LogP contribution in [0.5, 0.6) is 0 Å². The van der Waals surface area contributed by atoms with Crippen molar-refractivity contribution in [1.29, 1.82) is 0 Å². The lowest BCUT2D eigenvalue weighted by molar-refractivity contribution is -0.121. The third-order valence-electron chi connectivity index (χ3n) is 4.47. The second-order valence-corrected chi connectivity index (χ2v) is 9.66. The van der Waals surface area contributed by atoms with Crippen molar-refractivity contribution in [2.24, 2.45) is 5.92 Å². The Bertz CT molecular complexity index is 886. The van der Waals surface area contributed by atoms with E-state index < -0.39 is 10.0 Å². The lowest BCUT2D eigenvalue weighted by Crippen LogP contribution is -2.37. The number of sulfonamides is 1. The Hall–Kier alpha value is -1.97. The Morgan fingerprint density at radius 1 is 1.22 bits per heavy atom. The van der Waals surface area contributed by atoms with Crippen LogP contribution < -0.4 is 10.0 Å². The molecule has 0 saturated carbocycles. The van der Waals surface area contributed by atoms with Gasteiger partial charge in [-0.15, -0.1) is 11.3 Å². The minimum atomic E-state index is -3.30. The van der Waals surface area contributed by atoms with E-state index in [9.17, 15) is 13.2 Å². The second kappa shape index (κ2) is 8.37. The molecule has 0 radical (unpaired) electrons. The first kappa shape index (κ1) is 19.8. The number of carbonyl (C=O) groups is 1. The Balaban J connectivity index is 1.48. The number of aryl methyl sites for hydroxylation is 1. The predicted molar refractivity (Wildman–Crippen MR) is 108 cm³/mol. The molecule has 0 spiro atoms. The molecule has 9 heteroatoms. The van der Waals surface area contributed by atoms with Crippen molar-refractivity contribution in [3.63, 3.8) is 0 Å². The lowest BCUT2D eigenvalue weighted by Gasteiger charge is -2.30. The smallest absolute Gasteiger partial charge is 0.229 e. The van der Waals surface area contributed by atoms with Gasteiger partial charge in [0.15, 0.2) is 0 Å². The van der Waals surface area contributed by atoms with Crippen molar-refractivity contribution in [2.75, 3.05) is 29.4 Å². The topological polar surface area (TPSA) is 91.4 Å². The Morgan fingerprint density at radius 3 is 2.41 bits per heavy atom. The van der Waals surface area contributed by atoms with Crippen molar-refractivity contribution in [3.8, 4) is 0 Å². The van der Waals surface area contributed by atoms with Gasteiger partial charge < -0.3 is 5.32 Å². The summed E-state index contributed by atoms with van der Waals surface area (Å²) in [5.74, 6) is 0.00946. The normalized spacial score (nSPS) is 16.2. The van der Waals surface area contributed by atoms with Crippen LogP contribution in [0.2, 0.25) is 0 Å². The first-order valence-electron chi connectivity index (χ1n) is 8.80. The molecule has 3 rings (SSSR count). The average molecular weight is 409 g/mol. The molecule has 1 fully saturated rings. The van der Waals surface area contributed by atoms with Crippen LogP contribution in [0.15, 0.2) is 29.6 Å². The Labute approximate surface area is 163 Å². The number of piperidine rings is 1. The molecule has 2 heterocycles. The third kappa shape index (κ3) is 6.02. The molecule has 7 nitrogen and oxygen atoms in total. The van der Waals surface area contributed by atoms with Gasteiger partial charge in [-0.2, -0.15) is 0 Å². The number of thiazole rings is 1. The summed E-state index contributed by atoms with van der Waals surface area (Å²) < 4.78 is 24.9. The highest BCUT2D eigenvalue weighted by Gasteiger charge is 2.25.